The van der Waals surface area contributed by atoms with Crippen LogP contribution in [0.1, 0.15) is 41.0 Å². The topological polar surface area (TPSA) is 58.2 Å². The van der Waals surface area contributed by atoms with Crippen LogP contribution >= 0.6 is 0 Å². The van der Waals surface area contributed by atoms with Crippen molar-refractivity contribution >= 4 is 11.8 Å². The van der Waals surface area contributed by atoms with Crippen molar-refractivity contribution in [2.24, 2.45) is 5.41 Å². The fourth-order valence-corrected chi connectivity index (χ4v) is 1.10. The van der Waals surface area contributed by atoms with E-state index in [-0.39, 0.29) is 29.8 Å². The second-order valence-electron chi connectivity index (χ2n) is 5.24. The SMILES string of the molecule is CC(C)NC(=O)CNC(=O)CC(C)(C)C. The van der Waals surface area contributed by atoms with Crippen LogP contribution in [-0.2, 0) is 9.59 Å². The molecule has 4 heteroatoms. The second kappa shape index (κ2) is 5.73. The molecule has 2 N–H and O–H groups in total. The Morgan fingerprint density at radius 2 is 1.67 bits per heavy atom. The van der Waals surface area contributed by atoms with E-state index in [4.69, 9.17) is 0 Å². The Labute approximate surface area is 91.8 Å². The molecule has 0 atom stereocenters. The van der Waals surface area contributed by atoms with E-state index in [9.17, 15) is 9.59 Å². The molecule has 0 saturated heterocycles. The summed E-state index contributed by atoms with van der Waals surface area (Å²) < 4.78 is 0. The molecule has 0 aliphatic rings. The summed E-state index contributed by atoms with van der Waals surface area (Å²) in [6, 6.07) is 0.108. The van der Waals surface area contributed by atoms with Gasteiger partial charge in [-0.15, -0.1) is 0 Å². The van der Waals surface area contributed by atoms with Crippen LogP contribution in [0, 0.1) is 5.41 Å². The van der Waals surface area contributed by atoms with Gasteiger partial charge in [0.2, 0.25) is 11.8 Å². The smallest absolute Gasteiger partial charge is 0.239 e. The zero-order chi connectivity index (χ0) is 12.1. The highest BCUT2D eigenvalue weighted by Crippen LogP contribution is 2.17. The first-order chi connectivity index (χ1) is 6.70. The average Bonchev–Trinajstić information content (AvgIpc) is 1.96. The van der Waals surface area contributed by atoms with Crippen LogP contribution in [0.3, 0.4) is 0 Å². The van der Waals surface area contributed by atoms with E-state index in [2.05, 4.69) is 10.6 Å². The molecule has 0 aliphatic heterocycles. The van der Waals surface area contributed by atoms with Crippen molar-refractivity contribution in [2.45, 2.75) is 47.1 Å². The molecule has 4 nitrogen and oxygen atoms in total. The maximum atomic E-state index is 11.4. The summed E-state index contributed by atoms with van der Waals surface area (Å²) in [6.07, 6.45) is 0.432. The van der Waals surface area contributed by atoms with Gasteiger partial charge in [0.1, 0.15) is 0 Å². The fourth-order valence-electron chi connectivity index (χ4n) is 1.10. The van der Waals surface area contributed by atoms with Crippen LogP contribution in [-0.4, -0.2) is 24.4 Å². The average molecular weight is 214 g/mol. The highest BCUT2D eigenvalue weighted by atomic mass is 16.2. The highest BCUT2D eigenvalue weighted by molar-refractivity contribution is 5.84. The van der Waals surface area contributed by atoms with Gasteiger partial charge in [0.25, 0.3) is 0 Å². The lowest BCUT2D eigenvalue weighted by Gasteiger charge is -2.17. The Balaban J connectivity index is 3.77. The molecule has 0 rings (SSSR count). The van der Waals surface area contributed by atoms with Crippen molar-refractivity contribution in [3.8, 4) is 0 Å². The van der Waals surface area contributed by atoms with Gasteiger partial charge in [-0.2, -0.15) is 0 Å². The molecule has 0 heterocycles. The Kier molecular flexibility index (Phi) is 5.33. The second-order valence-corrected chi connectivity index (χ2v) is 5.24. The van der Waals surface area contributed by atoms with Gasteiger partial charge >= 0.3 is 0 Å². The molecule has 0 aromatic heterocycles. The first-order valence-corrected chi connectivity index (χ1v) is 5.27. The first-order valence-electron chi connectivity index (χ1n) is 5.27. The van der Waals surface area contributed by atoms with Crippen LogP contribution in [0.25, 0.3) is 0 Å². The van der Waals surface area contributed by atoms with Gasteiger partial charge in [0.15, 0.2) is 0 Å². The summed E-state index contributed by atoms with van der Waals surface area (Å²) >= 11 is 0. The minimum absolute atomic E-state index is 0.0430. The number of rotatable bonds is 4. The molecular formula is C11H22N2O2. The Hall–Kier alpha value is -1.06. The monoisotopic (exact) mass is 214 g/mol. The predicted molar refractivity (Wildman–Crippen MR) is 60.4 cm³/mol. The molecule has 0 aromatic carbocycles. The van der Waals surface area contributed by atoms with Crippen LogP contribution in [0.4, 0.5) is 0 Å². The summed E-state index contributed by atoms with van der Waals surface area (Å²) in [5.41, 5.74) is -0.0430. The van der Waals surface area contributed by atoms with E-state index in [0.29, 0.717) is 6.42 Å². The summed E-state index contributed by atoms with van der Waals surface area (Å²) in [7, 11) is 0. The normalized spacial score (nSPS) is 11.3. The molecule has 2 amide bonds. The van der Waals surface area contributed by atoms with Gasteiger partial charge in [-0.05, 0) is 19.3 Å². The molecule has 0 bridgehead atoms. The maximum absolute atomic E-state index is 11.4. The highest BCUT2D eigenvalue weighted by Gasteiger charge is 2.16. The molecule has 0 fully saturated rings. The number of nitrogens with one attached hydrogen (secondary N) is 2. The minimum atomic E-state index is -0.146. The largest absolute Gasteiger partial charge is 0.352 e. The first kappa shape index (κ1) is 13.9. The Morgan fingerprint density at radius 1 is 1.13 bits per heavy atom. The third-order valence-corrected chi connectivity index (χ3v) is 1.59. The molecule has 88 valence electrons. The lowest BCUT2D eigenvalue weighted by molar-refractivity contribution is -0.127. The van der Waals surface area contributed by atoms with Gasteiger partial charge in [0.05, 0.1) is 6.54 Å². The standard InChI is InChI=1S/C11H22N2O2/c1-8(2)13-10(15)7-12-9(14)6-11(3,4)5/h8H,6-7H2,1-5H3,(H,12,14)(H,13,15). The van der Waals surface area contributed by atoms with E-state index >= 15 is 0 Å². The quantitative estimate of drug-likeness (QED) is 0.735. The molecule has 0 saturated carbocycles. The predicted octanol–water partition coefficient (Wildman–Crippen LogP) is 1.06. The summed E-state index contributed by atoms with van der Waals surface area (Å²) in [6.45, 7) is 9.79. The van der Waals surface area contributed by atoms with Gasteiger partial charge in [0, 0.05) is 12.5 Å². The van der Waals surface area contributed by atoms with Crippen molar-refractivity contribution in [3.63, 3.8) is 0 Å². The van der Waals surface area contributed by atoms with Crippen LogP contribution < -0.4 is 10.6 Å². The number of hydrogen-bond acceptors (Lipinski definition) is 2. The van der Waals surface area contributed by atoms with Crippen molar-refractivity contribution in [1.82, 2.24) is 10.6 Å². The van der Waals surface area contributed by atoms with E-state index in [0.717, 1.165) is 0 Å². The van der Waals surface area contributed by atoms with E-state index < -0.39 is 0 Å². The molecular weight excluding hydrogens is 192 g/mol. The number of amides is 2. The van der Waals surface area contributed by atoms with Crippen molar-refractivity contribution in [3.05, 3.63) is 0 Å². The van der Waals surface area contributed by atoms with Crippen LogP contribution in [0.15, 0.2) is 0 Å². The number of carbonyl (C=O) groups excluding carboxylic acids is 2. The lowest BCUT2D eigenvalue weighted by atomic mass is 9.92. The Bertz CT molecular complexity index is 229. The van der Waals surface area contributed by atoms with Crippen LogP contribution in [0.2, 0.25) is 0 Å². The molecule has 0 aromatic rings. The Morgan fingerprint density at radius 3 is 2.07 bits per heavy atom. The van der Waals surface area contributed by atoms with Crippen LogP contribution in [0.5, 0.6) is 0 Å². The fraction of sp³-hybridized carbons (Fsp3) is 0.818. The van der Waals surface area contributed by atoms with Crippen molar-refractivity contribution < 1.29 is 9.59 Å². The van der Waals surface area contributed by atoms with Crippen molar-refractivity contribution in [1.29, 1.82) is 0 Å². The van der Waals surface area contributed by atoms with Gasteiger partial charge in [-0.3, -0.25) is 9.59 Å². The molecule has 0 unspecified atom stereocenters. The third kappa shape index (κ3) is 9.25. The van der Waals surface area contributed by atoms with Crippen molar-refractivity contribution in [2.75, 3.05) is 6.54 Å². The summed E-state index contributed by atoms with van der Waals surface area (Å²) in [5, 5.41) is 5.30. The molecule has 0 radical (unpaired) electrons. The van der Waals surface area contributed by atoms with E-state index in [1.54, 1.807) is 0 Å². The van der Waals surface area contributed by atoms with Gasteiger partial charge in [-0.1, -0.05) is 20.8 Å². The lowest BCUT2D eigenvalue weighted by Crippen LogP contribution is -2.40. The zero-order valence-electron chi connectivity index (χ0n) is 10.3. The molecule has 0 spiro atoms. The number of hydrogen-bond donors (Lipinski definition) is 2. The zero-order valence-corrected chi connectivity index (χ0v) is 10.3. The van der Waals surface area contributed by atoms with E-state index in [1.807, 2.05) is 34.6 Å². The molecule has 0 aliphatic carbocycles. The molecule has 15 heavy (non-hydrogen) atoms. The summed E-state index contributed by atoms with van der Waals surface area (Å²) in [5.74, 6) is -0.228. The minimum Gasteiger partial charge on any atom is -0.352 e. The van der Waals surface area contributed by atoms with Gasteiger partial charge in [-0.25, -0.2) is 0 Å². The van der Waals surface area contributed by atoms with E-state index in [1.165, 1.54) is 0 Å². The maximum Gasteiger partial charge on any atom is 0.239 e. The summed E-state index contributed by atoms with van der Waals surface area (Å²) in [4.78, 5) is 22.6. The van der Waals surface area contributed by atoms with Gasteiger partial charge < -0.3 is 10.6 Å². The third-order valence-electron chi connectivity index (χ3n) is 1.59. The number of carbonyl (C=O) groups is 2.